The van der Waals surface area contributed by atoms with E-state index in [4.69, 9.17) is 4.74 Å². The average Bonchev–Trinajstić information content (AvgIpc) is 3.06. The highest BCUT2D eigenvalue weighted by Gasteiger charge is 2.10. The lowest BCUT2D eigenvalue weighted by Crippen LogP contribution is -2.35. The molecule has 0 aliphatic rings. The van der Waals surface area contributed by atoms with Crippen molar-refractivity contribution >= 4 is 11.4 Å². The molecule has 3 aromatic rings. The van der Waals surface area contributed by atoms with Crippen LogP contribution in [-0.4, -0.2) is 39.7 Å². The number of imidazole rings is 1. The summed E-state index contributed by atoms with van der Waals surface area (Å²) in [4.78, 5) is 16.1. The number of carbonyl (C=O) groups excluding carboxylic acids is 1. The molecule has 0 bridgehead atoms. The van der Waals surface area contributed by atoms with Crippen LogP contribution in [0, 0.1) is 5.82 Å². The molecule has 1 amide bonds. The Balaban J connectivity index is 1.48. The van der Waals surface area contributed by atoms with Crippen LogP contribution in [0.3, 0.4) is 0 Å². The molecule has 6 nitrogen and oxygen atoms in total. The predicted octanol–water partition coefficient (Wildman–Crippen LogP) is 1.64. The number of aromatic nitrogens is 2. The van der Waals surface area contributed by atoms with Crippen LogP contribution in [0.15, 0.2) is 55.1 Å². The maximum Gasteiger partial charge on any atom is 0.251 e. The second kappa shape index (κ2) is 7.10. The van der Waals surface area contributed by atoms with Crippen LogP contribution in [-0.2, 0) is 0 Å². The van der Waals surface area contributed by atoms with Crippen molar-refractivity contribution < 1.29 is 19.0 Å². The fourth-order valence-electron chi connectivity index (χ4n) is 2.16. The summed E-state index contributed by atoms with van der Waals surface area (Å²) in [6.07, 6.45) is 4.17. The smallest absolute Gasteiger partial charge is 0.251 e. The zero-order valence-corrected chi connectivity index (χ0v) is 12.7. The molecule has 2 N–H and O–H groups in total. The molecular weight excluding hydrogens is 313 g/mol. The van der Waals surface area contributed by atoms with E-state index < -0.39 is 6.10 Å². The van der Waals surface area contributed by atoms with Crippen molar-refractivity contribution in [3.63, 3.8) is 0 Å². The molecule has 1 unspecified atom stereocenters. The van der Waals surface area contributed by atoms with E-state index in [9.17, 15) is 14.3 Å². The summed E-state index contributed by atoms with van der Waals surface area (Å²) >= 11 is 0. The SMILES string of the molecule is O=C(NCC(O)COc1ccc(F)cc1)c1ccn2cncc2c1. The van der Waals surface area contributed by atoms with E-state index in [2.05, 4.69) is 10.3 Å². The molecule has 1 aromatic carbocycles. The fourth-order valence-corrected chi connectivity index (χ4v) is 2.16. The van der Waals surface area contributed by atoms with Crippen LogP contribution in [0.4, 0.5) is 4.39 Å². The molecule has 2 aromatic heterocycles. The molecule has 0 fully saturated rings. The normalized spacial score (nSPS) is 12.1. The van der Waals surface area contributed by atoms with Crippen LogP contribution in [0.25, 0.3) is 5.52 Å². The predicted molar refractivity (Wildman–Crippen MR) is 85.4 cm³/mol. The van der Waals surface area contributed by atoms with Gasteiger partial charge in [-0.2, -0.15) is 0 Å². The van der Waals surface area contributed by atoms with Crippen LogP contribution < -0.4 is 10.1 Å². The van der Waals surface area contributed by atoms with Gasteiger partial charge in [0.1, 0.15) is 24.3 Å². The topological polar surface area (TPSA) is 75.9 Å². The minimum absolute atomic E-state index is 0.00638. The summed E-state index contributed by atoms with van der Waals surface area (Å²) in [6.45, 7) is 0.0397. The molecule has 1 atom stereocenters. The molecular formula is C17H16FN3O3. The monoisotopic (exact) mass is 329 g/mol. The lowest BCUT2D eigenvalue weighted by atomic mass is 10.2. The summed E-state index contributed by atoms with van der Waals surface area (Å²) in [5.74, 6) is -0.196. The van der Waals surface area contributed by atoms with Crippen molar-refractivity contribution in [1.82, 2.24) is 14.7 Å². The first-order valence-electron chi connectivity index (χ1n) is 7.38. The molecule has 0 saturated heterocycles. The molecule has 3 rings (SSSR count). The fraction of sp³-hybridized carbons (Fsp3) is 0.176. The van der Waals surface area contributed by atoms with Gasteiger partial charge >= 0.3 is 0 Å². The number of fused-ring (bicyclic) bond motifs is 1. The maximum atomic E-state index is 12.8. The zero-order valence-electron chi connectivity index (χ0n) is 12.7. The number of rotatable bonds is 6. The second-order valence-electron chi connectivity index (χ2n) is 5.27. The first kappa shape index (κ1) is 15.9. The maximum absolute atomic E-state index is 12.8. The quantitative estimate of drug-likeness (QED) is 0.721. The summed E-state index contributed by atoms with van der Waals surface area (Å²) in [6, 6.07) is 8.88. The number of amides is 1. The highest BCUT2D eigenvalue weighted by atomic mass is 19.1. The lowest BCUT2D eigenvalue weighted by Gasteiger charge is -2.13. The highest BCUT2D eigenvalue weighted by molar-refractivity contribution is 5.95. The van der Waals surface area contributed by atoms with Crippen molar-refractivity contribution in [3.05, 3.63) is 66.5 Å². The number of nitrogens with zero attached hydrogens (tertiary/aromatic N) is 2. The van der Waals surface area contributed by atoms with E-state index in [-0.39, 0.29) is 24.9 Å². The van der Waals surface area contributed by atoms with Gasteiger partial charge in [0.2, 0.25) is 0 Å². The highest BCUT2D eigenvalue weighted by Crippen LogP contribution is 2.11. The largest absolute Gasteiger partial charge is 0.491 e. The van der Waals surface area contributed by atoms with Gasteiger partial charge in [0.15, 0.2) is 0 Å². The van der Waals surface area contributed by atoms with Gasteiger partial charge in [-0.15, -0.1) is 0 Å². The van der Waals surface area contributed by atoms with Gasteiger partial charge in [-0.1, -0.05) is 0 Å². The third-order valence-corrected chi connectivity index (χ3v) is 3.43. The Morgan fingerprint density at radius 3 is 2.92 bits per heavy atom. The van der Waals surface area contributed by atoms with Gasteiger partial charge in [0.25, 0.3) is 5.91 Å². The Hall–Kier alpha value is -2.93. The van der Waals surface area contributed by atoms with Crippen LogP contribution in [0.5, 0.6) is 5.75 Å². The number of pyridine rings is 1. The van der Waals surface area contributed by atoms with Crippen LogP contribution in [0.2, 0.25) is 0 Å². The molecule has 124 valence electrons. The molecule has 0 radical (unpaired) electrons. The molecule has 0 aliphatic carbocycles. The van der Waals surface area contributed by atoms with E-state index in [0.29, 0.717) is 11.3 Å². The number of ether oxygens (including phenoxy) is 1. The molecule has 0 spiro atoms. The van der Waals surface area contributed by atoms with Crippen molar-refractivity contribution in [3.8, 4) is 5.75 Å². The minimum atomic E-state index is -0.877. The number of carbonyl (C=O) groups is 1. The Morgan fingerprint density at radius 1 is 1.33 bits per heavy atom. The Bertz CT molecular complexity index is 832. The van der Waals surface area contributed by atoms with E-state index >= 15 is 0 Å². The van der Waals surface area contributed by atoms with Crippen molar-refractivity contribution in [2.24, 2.45) is 0 Å². The number of aliphatic hydroxyl groups excluding tert-OH is 1. The van der Waals surface area contributed by atoms with Crippen LogP contribution in [0.1, 0.15) is 10.4 Å². The number of benzene rings is 1. The van der Waals surface area contributed by atoms with Gasteiger partial charge in [-0.25, -0.2) is 9.37 Å². The first-order chi connectivity index (χ1) is 11.6. The van der Waals surface area contributed by atoms with Gasteiger partial charge in [0.05, 0.1) is 18.0 Å². The van der Waals surface area contributed by atoms with E-state index in [1.165, 1.54) is 24.3 Å². The van der Waals surface area contributed by atoms with Crippen molar-refractivity contribution in [2.75, 3.05) is 13.2 Å². The van der Waals surface area contributed by atoms with Crippen molar-refractivity contribution in [2.45, 2.75) is 6.10 Å². The number of hydrogen-bond donors (Lipinski definition) is 2. The number of aliphatic hydroxyl groups is 1. The van der Waals surface area contributed by atoms with Gasteiger partial charge in [-0.05, 0) is 36.4 Å². The molecule has 2 heterocycles. The van der Waals surface area contributed by atoms with Crippen molar-refractivity contribution in [1.29, 1.82) is 0 Å². The lowest BCUT2D eigenvalue weighted by molar-refractivity contribution is 0.0843. The average molecular weight is 329 g/mol. The van der Waals surface area contributed by atoms with E-state index in [0.717, 1.165) is 5.52 Å². The van der Waals surface area contributed by atoms with Gasteiger partial charge < -0.3 is 19.6 Å². The Kier molecular flexibility index (Phi) is 4.72. The zero-order chi connectivity index (χ0) is 16.9. The summed E-state index contributed by atoms with van der Waals surface area (Å²) < 4.78 is 19.9. The van der Waals surface area contributed by atoms with Crippen LogP contribution >= 0.6 is 0 Å². The van der Waals surface area contributed by atoms with E-state index in [1.807, 2.05) is 0 Å². The minimum Gasteiger partial charge on any atom is -0.491 e. The second-order valence-corrected chi connectivity index (χ2v) is 5.27. The molecule has 24 heavy (non-hydrogen) atoms. The molecule has 0 aliphatic heterocycles. The summed E-state index contributed by atoms with van der Waals surface area (Å²) in [5, 5.41) is 12.5. The Labute approximate surface area is 137 Å². The number of hydrogen-bond acceptors (Lipinski definition) is 4. The summed E-state index contributed by atoms with van der Waals surface area (Å²) in [5.41, 5.74) is 1.29. The third-order valence-electron chi connectivity index (χ3n) is 3.43. The van der Waals surface area contributed by atoms with E-state index in [1.54, 1.807) is 35.3 Å². The number of halogens is 1. The Morgan fingerprint density at radius 2 is 2.12 bits per heavy atom. The van der Waals surface area contributed by atoms with Gasteiger partial charge in [-0.3, -0.25) is 4.79 Å². The number of nitrogens with one attached hydrogen (secondary N) is 1. The third kappa shape index (κ3) is 3.88. The first-order valence-corrected chi connectivity index (χ1v) is 7.38. The van der Waals surface area contributed by atoms with Gasteiger partial charge in [0, 0.05) is 18.3 Å². The standard InChI is InChI=1S/C17H16FN3O3/c18-13-1-3-16(4-2-13)24-10-15(22)9-20-17(23)12-5-6-21-11-19-8-14(21)7-12/h1-8,11,15,22H,9-10H2,(H,20,23). The molecule has 7 heteroatoms. The molecule has 0 saturated carbocycles. The summed E-state index contributed by atoms with van der Waals surface area (Å²) in [7, 11) is 0.